The van der Waals surface area contributed by atoms with Crippen LogP contribution in [-0.4, -0.2) is 18.9 Å². The van der Waals surface area contributed by atoms with Gasteiger partial charge in [-0.2, -0.15) is 0 Å². The molecule has 1 aromatic rings. The minimum atomic E-state index is -0.319. The molecule has 0 spiro atoms. The molecule has 2 nitrogen and oxygen atoms in total. The van der Waals surface area contributed by atoms with Crippen molar-refractivity contribution < 1.29 is 9.18 Å². The average molecular weight is 223 g/mol. The molecule has 0 saturated heterocycles. The highest BCUT2D eigenvalue weighted by Crippen LogP contribution is 2.24. The Morgan fingerprint density at radius 2 is 2.00 bits per heavy atom. The Bertz CT molecular complexity index is 374. The molecule has 0 heterocycles. The zero-order chi connectivity index (χ0) is 12.2. The van der Waals surface area contributed by atoms with E-state index in [4.69, 9.17) is 0 Å². The second-order valence-corrected chi connectivity index (χ2v) is 4.67. The van der Waals surface area contributed by atoms with Gasteiger partial charge in [-0.1, -0.05) is 32.0 Å². The normalized spacial score (nSPS) is 11.5. The second-order valence-electron chi connectivity index (χ2n) is 4.67. The summed E-state index contributed by atoms with van der Waals surface area (Å²) in [6.07, 6.45) is 0. The Hall–Kier alpha value is -1.22. The fourth-order valence-electron chi connectivity index (χ4n) is 1.66. The third kappa shape index (κ3) is 3.42. The molecule has 1 rings (SSSR count). The third-order valence-electron chi connectivity index (χ3n) is 2.54. The Kier molecular flexibility index (Phi) is 4.19. The molecule has 0 aliphatic rings. The van der Waals surface area contributed by atoms with Crippen LogP contribution in [0.15, 0.2) is 24.3 Å². The van der Waals surface area contributed by atoms with Crippen LogP contribution in [0.3, 0.4) is 0 Å². The maximum absolute atomic E-state index is 13.6. The van der Waals surface area contributed by atoms with Gasteiger partial charge in [0.05, 0.1) is 6.54 Å². The topological polar surface area (TPSA) is 29.1 Å². The van der Waals surface area contributed by atoms with Crippen molar-refractivity contribution >= 4 is 5.78 Å². The van der Waals surface area contributed by atoms with Gasteiger partial charge in [0.1, 0.15) is 11.6 Å². The van der Waals surface area contributed by atoms with E-state index in [0.29, 0.717) is 18.7 Å². The maximum Gasteiger partial charge on any atom is 0.143 e. The summed E-state index contributed by atoms with van der Waals surface area (Å²) in [5.74, 6) is -0.110. The van der Waals surface area contributed by atoms with Gasteiger partial charge in [0.25, 0.3) is 0 Å². The fraction of sp³-hybridized carbons (Fsp3) is 0.462. The van der Waals surface area contributed by atoms with Crippen LogP contribution in [0.5, 0.6) is 0 Å². The van der Waals surface area contributed by atoms with Crippen molar-refractivity contribution in [3.05, 3.63) is 35.6 Å². The van der Waals surface area contributed by atoms with Crippen LogP contribution in [0, 0.1) is 5.82 Å². The molecule has 0 aromatic heterocycles. The van der Waals surface area contributed by atoms with Gasteiger partial charge < -0.3 is 5.32 Å². The van der Waals surface area contributed by atoms with E-state index in [0.717, 1.165) is 0 Å². The molecule has 1 N–H and O–H groups in total. The van der Waals surface area contributed by atoms with Gasteiger partial charge in [-0.05, 0) is 18.6 Å². The van der Waals surface area contributed by atoms with E-state index < -0.39 is 0 Å². The van der Waals surface area contributed by atoms with E-state index in [9.17, 15) is 9.18 Å². The summed E-state index contributed by atoms with van der Waals surface area (Å²) in [5, 5.41) is 3.03. The van der Waals surface area contributed by atoms with Crippen molar-refractivity contribution in [2.45, 2.75) is 26.2 Å². The molecule has 0 unspecified atom stereocenters. The molecule has 0 radical (unpaired) electrons. The summed E-state index contributed by atoms with van der Waals surface area (Å²) in [7, 11) is 0. The highest BCUT2D eigenvalue weighted by atomic mass is 19.1. The molecular weight excluding hydrogens is 205 g/mol. The van der Waals surface area contributed by atoms with E-state index in [1.165, 1.54) is 13.0 Å². The quantitative estimate of drug-likeness (QED) is 0.829. The number of hydrogen-bond acceptors (Lipinski definition) is 2. The number of nitrogens with one attached hydrogen (secondary N) is 1. The smallest absolute Gasteiger partial charge is 0.143 e. The second kappa shape index (κ2) is 5.21. The molecular formula is C13H18FNO. The molecule has 1 aromatic carbocycles. The molecule has 0 saturated carbocycles. The van der Waals surface area contributed by atoms with Crippen LogP contribution in [0.2, 0.25) is 0 Å². The molecule has 0 bridgehead atoms. The maximum atomic E-state index is 13.6. The van der Waals surface area contributed by atoms with Crippen molar-refractivity contribution in [1.29, 1.82) is 0 Å². The van der Waals surface area contributed by atoms with Crippen molar-refractivity contribution in [2.24, 2.45) is 0 Å². The highest BCUT2D eigenvalue weighted by Gasteiger charge is 2.23. The van der Waals surface area contributed by atoms with Crippen molar-refractivity contribution in [3.8, 4) is 0 Å². The predicted molar refractivity (Wildman–Crippen MR) is 63.0 cm³/mol. The van der Waals surface area contributed by atoms with Gasteiger partial charge in [0.2, 0.25) is 0 Å². The average Bonchev–Trinajstić information content (AvgIpc) is 2.17. The summed E-state index contributed by atoms with van der Waals surface area (Å²) in [6, 6.07) is 6.75. The van der Waals surface area contributed by atoms with E-state index in [2.05, 4.69) is 5.32 Å². The SMILES string of the molecule is CC(=O)CNCC(C)(C)c1ccccc1F. The molecule has 0 aliphatic carbocycles. The Balaban J connectivity index is 2.70. The molecule has 16 heavy (non-hydrogen) atoms. The van der Waals surface area contributed by atoms with Crippen molar-refractivity contribution in [2.75, 3.05) is 13.1 Å². The van der Waals surface area contributed by atoms with Crippen molar-refractivity contribution in [3.63, 3.8) is 0 Å². The summed E-state index contributed by atoms with van der Waals surface area (Å²) < 4.78 is 13.6. The summed E-state index contributed by atoms with van der Waals surface area (Å²) in [4.78, 5) is 10.8. The number of halogens is 1. The van der Waals surface area contributed by atoms with Gasteiger partial charge in [0, 0.05) is 12.0 Å². The third-order valence-corrected chi connectivity index (χ3v) is 2.54. The molecule has 3 heteroatoms. The minimum Gasteiger partial charge on any atom is -0.309 e. The predicted octanol–water partition coefficient (Wildman–Crippen LogP) is 2.28. The Labute approximate surface area is 95.9 Å². The van der Waals surface area contributed by atoms with Gasteiger partial charge in [-0.3, -0.25) is 4.79 Å². The lowest BCUT2D eigenvalue weighted by molar-refractivity contribution is -0.116. The van der Waals surface area contributed by atoms with Gasteiger partial charge in [-0.25, -0.2) is 4.39 Å². The number of carbonyl (C=O) groups is 1. The molecule has 0 aliphatic heterocycles. The number of carbonyl (C=O) groups excluding carboxylic acids is 1. The van der Waals surface area contributed by atoms with Crippen molar-refractivity contribution in [1.82, 2.24) is 5.32 Å². The summed E-state index contributed by atoms with van der Waals surface area (Å²) in [5.41, 5.74) is 0.354. The van der Waals surface area contributed by atoms with Crippen LogP contribution in [0.25, 0.3) is 0 Å². The van der Waals surface area contributed by atoms with Crippen LogP contribution in [-0.2, 0) is 10.2 Å². The molecule has 0 atom stereocenters. The Morgan fingerprint density at radius 3 is 2.56 bits per heavy atom. The zero-order valence-electron chi connectivity index (χ0n) is 10.0. The lowest BCUT2D eigenvalue weighted by Gasteiger charge is -2.26. The zero-order valence-corrected chi connectivity index (χ0v) is 10.0. The van der Waals surface area contributed by atoms with Gasteiger partial charge in [-0.15, -0.1) is 0 Å². The molecule has 0 amide bonds. The monoisotopic (exact) mass is 223 g/mol. The first-order valence-electron chi connectivity index (χ1n) is 5.38. The number of hydrogen-bond donors (Lipinski definition) is 1. The highest BCUT2D eigenvalue weighted by molar-refractivity contribution is 5.77. The first-order chi connectivity index (χ1) is 7.43. The van der Waals surface area contributed by atoms with E-state index in [-0.39, 0.29) is 17.0 Å². The number of ketones is 1. The molecule has 0 fully saturated rings. The standard InChI is InChI=1S/C13H18FNO/c1-10(16)8-15-9-13(2,3)11-6-4-5-7-12(11)14/h4-7,15H,8-9H2,1-3H3. The molecule has 88 valence electrons. The van der Waals surface area contributed by atoms with E-state index in [1.807, 2.05) is 19.9 Å². The minimum absolute atomic E-state index is 0.0873. The van der Waals surface area contributed by atoms with Gasteiger partial charge >= 0.3 is 0 Å². The lowest BCUT2D eigenvalue weighted by atomic mass is 9.84. The van der Waals surface area contributed by atoms with Crippen LogP contribution in [0.1, 0.15) is 26.3 Å². The van der Waals surface area contributed by atoms with E-state index >= 15 is 0 Å². The lowest BCUT2D eigenvalue weighted by Crippen LogP contribution is -2.35. The van der Waals surface area contributed by atoms with Crippen LogP contribution in [0.4, 0.5) is 4.39 Å². The van der Waals surface area contributed by atoms with Crippen LogP contribution >= 0.6 is 0 Å². The number of benzene rings is 1. The van der Waals surface area contributed by atoms with E-state index in [1.54, 1.807) is 12.1 Å². The first-order valence-corrected chi connectivity index (χ1v) is 5.38. The largest absolute Gasteiger partial charge is 0.309 e. The van der Waals surface area contributed by atoms with Crippen LogP contribution < -0.4 is 5.32 Å². The Morgan fingerprint density at radius 1 is 1.38 bits per heavy atom. The number of Topliss-reactive ketones (excluding diaryl/α,β-unsaturated/α-hetero) is 1. The summed E-state index contributed by atoms with van der Waals surface area (Å²) in [6.45, 7) is 6.35. The fourth-order valence-corrected chi connectivity index (χ4v) is 1.66. The number of rotatable bonds is 5. The van der Waals surface area contributed by atoms with Gasteiger partial charge in [0.15, 0.2) is 0 Å². The summed E-state index contributed by atoms with van der Waals surface area (Å²) >= 11 is 0. The first kappa shape index (κ1) is 12.8.